The molecule has 0 aliphatic carbocycles. The topological polar surface area (TPSA) is 89.6 Å². The number of ether oxygens (including phenoxy) is 1. The third-order valence-corrected chi connectivity index (χ3v) is 5.31. The predicted octanol–water partition coefficient (Wildman–Crippen LogP) is 2.83. The van der Waals surface area contributed by atoms with Gasteiger partial charge in [0.05, 0.1) is 18.3 Å². The second kappa shape index (κ2) is 7.64. The fourth-order valence-corrected chi connectivity index (χ4v) is 3.65. The molecule has 31 heavy (non-hydrogen) atoms. The minimum atomic E-state index is -0.838. The molecule has 2 aromatic heterocycles. The number of anilines is 1. The minimum Gasteiger partial charge on any atom is -0.489 e. The Labute approximate surface area is 178 Å². The molecule has 8 nitrogen and oxygen atoms in total. The molecule has 3 heterocycles. The molecule has 4 aromatic rings. The van der Waals surface area contributed by atoms with Crippen LogP contribution in [-0.4, -0.2) is 41.1 Å². The van der Waals surface area contributed by atoms with E-state index in [1.165, 1.54) is 4.90 Å². The number of rotatable bonds is 4. The number of fused-ring (bicyclic) bond motifs is 2. The molecule has 1 aliphatic rings. The van der Waals surface area contributed by atoms with Crippen LogP contribution in [0, 0.1) is 0 Å². The molecule has 0 bridgehead atoms. The van der Waals surface area contributed by atoms with Crippen LogP contribution in [0.1, 0.15) is 16.1 Å². The number of hydrogen-bond acceptors (Lipinski definition) is 5. The van der Waals surface area contributed by atoms with Crippen LogP contribution in [0.2, 0.25) is 0 Å². The van der Waals surface area contributed by atoms with Crippen molar-refractivity contribution in [2.75, 3.05) is 18.6 Å². The van der Waals surface area contributed by atoms with E-state index in [-0.39, 0.29) is 18.2 Å². The van der Waals surface area contributed by atoms with Gasteiger partial charge in [-0.15, -0.1) is 0 Å². The molecule has 1 aliphatic heterocycles. The summed E-state index contributed by atoms with van der Waals surface area (Å²) in [5, 5.41) is 3.62. The number of nitrogens with one attached hydrogen (secondary N) is 1. The highest BCUT2D eigenvalue weighted by Gasteiger charge is 2.31. The highest BCUT2D eigenvalue weighted by atomic mass is 16.5. The monoisotopic (exact) mass is 416 g/mol. The number of likely N-dealkylation sites (N-methyl/N-ethyl adjacent to an activating group) is 1. The van der Waals surface area contributed by atoms with E-state index in [0.29, 0.717) is 23.6 Å². The molecule has 0 spiro atoms. The molecule has 5 rings (SSSR count). The van der Waals surface area contributed by atoms with Crippen LogP contribution < -0.4 is 15.0 Å². The molecule has 2 amide bonds. The van der Waals surface area contributed by atoms with Gasteiger partial charge in [-0.25, -0.2) is 4.98 Å². The first-order valence-corrected chi connectivity index (χ1v) is 9.86. The molecule has 1 unspecified atom stereocenters. The molecule has 0 saturated carbocycles. The zero-order valence-electron chi connectivity index (χ0n) is 16.8. The summed E-state index contributed by atoms with van der Waals surface area (Å²) in [5.41, 5.74) is 2.64. The van der Waals surface area contributed by atoms with Gasteiger partial charge in [0, 0.05) is 31.2 Å². The standard InChI is InChI=1S/C23H20N4O4/c1-26-19-9-16-7-8-30-20(16)10-21(19)31-13-18(23(26)29)25-22(28)17-12-27(14-24-17)11-15-5-3-2-4-6-15/h2-10,12,14,18H,11,13H2,1H3,(H,25,28). The lowest BCUT2D eigenvalue weighted by Gasteiger charge is -2.20. The Morgan fingerprint density at radius 1 is 1.23 bits per heavy atom. The molecule has 0 saturated heterocycles. The molecule has 1 N–H and O–H groups in total. The molecular weight excluding hydrogens is 396 g/mol. The van der Waals surface area contributed by atoms with E-state index in [1.807, 2.05) is 47.0 Å². The molecule has 0 radical (unpaired) electrons. The summed E-state index contributed by atoms with van der Waals surface area (Å²) < 4.78 is 13.1. The number of benzene rings is 2. The average Bonchev–Trinajstić information content (AvgIpc) is 3.42. The largest absolute Gasteiger partial charge is 0.489 e. The number of aromatic nitrogens is 2. The lowest BCUT2D eigenvalue weighted by molar-refractivity contribution is -0.120. The van der Waals surface area contributed by atoms with Crippen molar-refractivity contribution < 1.29 is 18.7 Å². The van der Waals surface area contributed by atoms with E-state index < -0.39 is 11.9 Å². The normalized spacial score (nSPS) is 16.0. The number of nitrogens with zero attached hydrogens (tertiary/aromatic N) is 3. The Bertz CT molecular complexity index is 1260. The van der Waals surface area contributed by atoms with Crippen molar-refractivity contribution in [3.63, 3.8) is 0 Å². The van der Waals surface area contributed by atoms with Gasteiger partial charge >= 0.3 is 0 Å². The number of imidazole rings is 1. The van der Waals surface area contributed by atoms with Gasteiger partial charge in [0.2, 0.25) is 0 Å². The first kappa shape index (κ1) is 18.9. The first-order valence-electron chi connectivity index (χ1n) is 9.86. The maximum Gasteiger partial charge on any atom is 0.272 e. The van der Waals surface area contributed by atoms with Crippen LogP contribution in [0.25, 0.3) is 11.0 Å². The Morgan fingerprint density at radius 3 is 2.90 bits per heavy atom. The molecular formula is C23H20N4O4. The molecule has 8 heteroatoms. The third-order valence-electron chi connectivity index (χ3n) is 5.31. The van der Waals surface area contributed by atoms with Crippen LogP contribution in [0.3, 0.4) is 0 Å². The van der Waals surface area contributed by atoms with Gasteiger partial charge in [-0.05, 0) is 17.7 Å². The first-order chi connectivity index (χ1) is 15.1. The number of amides is 2. The van der Waals surface area contributed by atoms with Crippen LogP contribution in [-0.2, 0) is 11.3 Å². The van der Waals surface area contributed by atoms with Gasteiger partial charge < -0.3 is 23.9 Å². The Kier molecular flexibility index (Phi) is 4.66. The maximum absolute atomic E-state index is 13.0. The summed E-state index contributed by atoms with van der Waals surface area (Å²) in [7, 11) is 1.66. The van der Waals surface area contributed by atoms with Crippen molar-refractivity contribution in [3.8, 4) is 5.75 Å². The zero-order chi connectivity index (χ0) is 21.4. The Morgan fingerprint density at radius 2 is 2.06 bits per heavy atom. The second-order valence-corrected chi connectivity index (χ2v) is 7.43. The molecule has 0 fully saturated rings. The summed E-state index contributed by atoms with van der Waals surface area (Å²) in [4.78, 5) is 31.4. The zero-order valence-corrected chi connectivity index (χ0v) is 16.8. The number of carbonyl (C=O) groups excluding carboxylic acids is 2. The Hall–Kier alpha value is -4.07. The van der Waals surface area contributed by atoms with E-state index in [1.54, 1.807) is 31.9 Å². The van der Waals surface area contributed by atoms with E-state index >= 15 is 0 Å². The van der Waals surface area contributed by atoms with Gasteiger partial charge in [-0.1, -0.05) is 30.3 Å². The van der Waals surface area contributed by atoms with Crippen molar-refractivity contribution in [2.45, 2.75) is 12.6 Å². The fourth-order valence-electron chi connectivity index (χ4n) is 3.65. The van der Waals surface area contributed by atoms with Crippen LogP contribution in [0.5, 0.6) is 5.75 Å². The predicted molar refractivity (Wildman–Crippen MR) is 114 cm³/mol. The molecule has 156 valence electrons. The fraction of sp³-hybridized carbons (Fsp3) is 0.174. The third kappa shape index (κ3) is 3.63. The summed E-state index contributed by atoms with van der Waals surface area (Å²) in [6.07, 6.45) is 4.85. The van der Waals surface area contributed by atoms with Gasteiger partial charge in [-0.2, -0.15) is 0 Å². The molecule has 2 aromatic carbocycles. The van der Waals surface area contributed by atoms with Crippen molar-refractivity contribution in [3.05, 3.63) is 78.6 Å². The Balaban J connectivity index is 1.31. The summed E-state index contributed by atoms with van der Waals surface area (Å²) in [6, 6.07) is 14.5. The van der Waals surface area contributed by atoms with Gasteiger partial charge in [-0.3, -0.25) is 9.59 Å². The van der Waals surface area contributed by atoms with Gasteiger partial charge in [0.15, 0.2) is 0 Å². The van der Waals surface area contributed by atoms with Crippen LogP contribution in [0.4, 0.5) is 5.69 Å². The van der Waals surface area contributed by atoms with Crippen molar-refractivity contribution >= 4 is 28.5 Å². The van der Waals surface area contributed by atoms with Gasteiger partial charge in [0.1, 0.15) is 29.7 Å². The van der Waals surface area contributed by atoms with E-state index in [2.05, 4.69) is 10.3 Å². The quantitative estimate of drug-likeness (QED) is 0.553. The van der Waals surface area contributed by atoms with Gasteiger partial charge in [0.25, 0.3) is 11.8 Å². The number of furan rings is 1. The van der Waals surface area contributed by atoms with Crippen LogP contribution >= 0.6 is 0 Å². The summed E-state index contributed by atoms with van der Waals surface area (Å²) >= 11 is 0. The van der Waals surface area contributed by atoms with Crippen molar-refractivity contribution in [1.82, 2.24) is 14.9 Å². The molecule has 1 atom stereocenters. The average molecular weight is 416 g/mol. The minimum absolute atomic E-state index is 0.0128. The van der Waals surface area contributed by atoms with Crippen molar-refractivity contribution in [1.29, 1.82) is 0 Å². The van der Waals surface area contributed by atoms with E-state index in [9.17, 15) is 9.59 Å². The lowest BCUT2D eigenvalue weighted by Crippen LogP contribution is -2.49. The van der Waals surface area contributed by atoms with Crippen LogP contribution in [0.15, 0.2) is 71.7 Å². The number of hydrogen-bond donors (Lipinski definition) is 1. The number of carbonyl (C=O) groups is 2. The highest BCUT2D eigenvalue weighted by Crippen LogP contribution is 2.35. The smallest absolute Gasteiger partial charge is 0.272 e. The SMILES string of the molecule is CN1C(=O)C(NC(=O)c2cn(Cc3ccccc3)cn2)COc2cc3occc3cc21. The van der Waals surface area contributed by atoms with E-state index in [0.717, 1.165) is 10.9 Å². The highest BCUT2D eigenvalue weighted by molar-refractivity contribution is 6.04. The second-order valence-electron chi connectivity index (χ2n) is 7.43. The summed E-state index contributed by atoms with van der Waals surface area (Å²) in [6.45, 7) is 0.616. The maximum atomic E-state index is 13.0. The lowest BCUT2D eigenvalue weighted by atomic mass is 10.2. The summed E-state index contributed by atoms with van der Waals surface area (Å²) in [5.74, 6) is -0.164. The van der Waals surface area contributed by atoms with Crippen molar-refractivity contribution in [2.24, 2.45) is 0 Å². The van der Waals surface area contributed by atoms with E-state index in [4.69, 9.17) is 9.15 Å².